The van der Waals surface area contributed by atoms with Gasteiger partial charge in [0, 0.05) is 28.9 Å². The predicted molar refractivity (Wildman–Crippen MR) is 201 cm³/mol. The Morgan fingerprint density at radius 2 is 0.500 bits per heavy atom. The van der Waals surface area contributed by atoms with Crippen LogP contribution in [-0.2, 0) is 57.5 Å². The molecule has 8 bridgehead atoms. The van der Waals surface area contributed by atoms with Gasteiger partial charge in [0.1, 0.15) is 21.0 Å². The van der Waals surface area contributed by atoms with Crippen molar-refractivity contribution in [3.05, 3.63) is 0 Å². The van der Waals surface area contributed by atoms with Crippen LogP contribution in [-0.4, -0.2) is 122 Å². The average Bonchev–Trinajstić information content (AvgIpc) is 3.84. The third-order valence-corrected chi connectivity index (χ3v) is 21.0. The van der Waals surface area contributed by atoms with E-state index in [1.807, 2.05) is 0 Å². The quantitative estimate of drug-likeness (QED) is 0.0930. The van der Waals surface area contributed by atoms with Crippen LogP contribution in [0.5, 0.6) is 0 Å². The smallest absolute Gasteiger partial charge is 1.00 e. The fraction of sp³-hybridized carbons (Fsp3) is 1.00. The van der Waals surface area contributed by atoms with Gasteiger partial charge >= 0.3 is 29.6 Å². The Kier molecular flexibility index (Phi) is 13.7. The second kappa shape index (κ2) is 17.0. The zero-order chi connectivity index (χ0) is 39.7. The van der Waals surface area contributed by atoms with Gasteiger partial charge in [-0.1, -0.05) is 38.5 Å². The fourth-order valence-electron chi connectivity index (χ4n) is 13.4. The molecule has 4 saturated carbocycles. The summed E-state index contributed by atoms with van der Waals surface area (Å²) in [7, 11) is -23.0. The van der Waals surface area contributed by atoms with Crippen LogP contribution in [0.3, 0.4) is 0 Å². The van der Waals surface area contributed by atoms with Crippen molar-refractivity contribution in [2.75, 3.05) is 0 Å². The van der Waals surface area contributed by atoms with Gasteiger partial charge in [0.25, 0.3) is 40.5 Å². The number of hydrogen-bond acceptors (Lipinski definition) is 16. The topological polar surface area (TPSA) is 314 Å². The van der Waals surface area contributed by atoms with Crippen molar-refractivity contribution in [3.63, 3.8) is 0 Å². The van der Waals surface area contributed by atoms with E-state index in [-0.39, 0.29) is 96.4 Å². The first-order valence-electron chi connectivity index (χ1n) is 20.2. The molecule has 333 valence electrons. The molecule has 20 unspecified atom stereocenters. The van der Waals surface area contributed by atoms with Gasteiger partial charge in [-0.15, -0.1) is 0 Å². The summed E-state index contributed by atoms with van der Waals surface area (Å²) in [4.78, 5) is 0. The number of rotatable bonds is 4. The second-order valence-electron chi connectivity index (χ2n) is 18.1. The fourth-order valence-corrected chi connectivity index (χ4v) is 20.7. The Bertz CT molecular complexity index is 1870. The van der Waals surface area contributed by atoms with E-state index in [9.17, 15) is 51.9 Å². The first kappa shape index (κ1) is 46.8. The van der Waals surface area contributed by atoms with E-state index in [4.69, 9.17) is 0 Å². The molecule has 9 fully saturated rings. The number of hydrogen-bond donors (Lipinski definition) is 12. The molecule has 9 rings (SSSR count). The van der Waals surface area contributed by atoms with Gasteiger partial charge in [-0.2, -0.15) is 33.7 Å². The Balaban J connectivity index is 0.00000195. The summed E-state index contributed by atoms with van der Waals surface area (Å²) < 4.78 is 149. The molecule has 58 heavy (non-hydrogen) atoms. The van der Waals surface area contributed by atoms with Crippen molar-refractivity contribution in [2.24, 2.45) is 47.3 Å². The molecule has 0 aromatic rings. The van der Waals surface area contributed by atoms with Crippen molar-refractivity contribution in [1.82, 2.24) is 42.5 Å². The SMILES string of the molecule is O=S(=O)(O)C1C2C3NC4NC(NC5NC(NC6NC(NC(N3)C2C(S(=O)(=O)O)C(S(=O)(=O)O)C1S(=O)(=O)O)C1CCCCC61)C1CCCCC51)C1CCCCC41.[Cu].[H-].[Na+]. The molecule has 20 nitrogen and oxygen atoms in total. The number of fused-ring (bicyclic) bond motifs is 20. The Morgan fingerprint density at radius 3 is 0.690 bits per heavy atom. The first-order valence-corrected chi connectivity index (χ1v) is 26.3. The zero-order valence-corrected chi connectivity index (χ0v) is 38.2. The van der Waals surface area contributed by atoms with Crippen molar-refractivity contribution in [1.29, 1.82) is 0 Å². The molecule has 20 atom stereocenters. The summed E-state index contributed by atoms with van der Waals surface area (Å²) in [5, 5.41) is 17.7. The van der Waals surface area contributed by atoms with Crippen LogP contribution in [0.4, 0.5) is 0 Å². The van der Waals surface area contributed by atoms with Crippen LogP contribution < -0.4 is 72.1 Å². The first-order chi connectivity index (χ1) is 26.3. The van der Waals surface area contributed by atoms with Gasteiger partial charge in [-0.3, -0.25) is 60.7 Å². The van der Waals surface area contributed by atoms with Crippen molar-refractivity contribution >= 4 is 40.5 Å². The summed E-state index contributed by atoms with van der Waals surface area (Å²) >= 11 is 0. The molecule has 26 heteroatoms. The van der Waals surface area contributed by atoms with Crippen LogP contribution in [0.2, 0.25) is 0 Å². The maximum Gasteiger partial charge on any atom is 1.00 e. The summed E-state index contributed by atoms with van der Waals surface area (Å²) in [6.45, 7) is 0. The molecule has 5 heterocycles. The maximum absolute atomic E-state index is 13.4. The van der Waals surface area contributed by atoms with Crippen LogP contribution in [0, 0.1) is 47.3 Å². The number of nitrogens with one attached hydrogen (secondary N) is 8. The monoisotopic (exact) mass is 959 g/mol. The van der Waals surface area contributed by atoms with Gasteiger partial charge in [0.2, 0.25) is 0 Å². The van der Waals surface area contributed by atoms with Gasteiger partial charge in [0.05, 0.1) is 49.3 Å². The molecule has 1 radical (unpaired) electrons. The van der Waals surface area contributed by atoms with Crippen molar-refractivity contribution in [3.8, 4) is 0 Å². The predicted octanol–water partition coefficient (Wildman–Crippen LogP) is -4.82. The molecular formula is C32H57CuN8NaO12S4. The van der Waals surface area contributed by atoms with Crippen LogP contribution >= 0.6 is 0 Å². The molecule has 5 saturated heterocycles. The van der Waals surface area contributed by atoms with E-state index in [1.54, 1.807) is 0 Å². The molecular weight excluding hydrogens is 903 g/mol. The average molecular weight is 961 g/mol. The normalized spacial score (nSPS) is 49.3. The minimum Gasteiger partial charge on any atom is -1.00 e. The van der Waals surface area contributed by atoms with E-state index in [1.165, 1.54) is 0 Å². The zero-order valence-electron chi connectivity index (χ0n) is 33.0. The summed E-state index contributed by atoms with van der Waals surface area (Å²) in [5.74, 6) is -2.57. The minimum atomic E-state index is -5.87. The van der Waals surface area contributed by atoms with E-state index in [0.29, 0.717) is 11.8 Å². The summed E-state index contributed by atoms with van der Waals surface area (Å²) in [6.07, 6.45) is 7.44. The summed E-state index contributed by atoms with van der Waals surface area (Å²) in [5.41, 5.74) is 0. The Hall–Kier alpha value is 0.839. The summed E-state index contributed by atoms with van der Waals surface area (Å²) in [6, 6.07) is 0. The minimum absolute atomic E-state index is 0. The standard InChI is InChI=1S/C32H56N8O12S4.Cu.Na.H/c41-53(42,43)21-19-20(22(54(44,45)46)24(56(50,51)52)23(21)55(47,48)49)32-39-30-18-12-6-4-10-16(18)28(37-30)35-26-14-8-2-1-7-13(14)25(33-26)34-27-15-9-3-5-11-17(15)29(36-27)38-31(19)40-32;;;/h13-40H,1-12H2,(H,41,42,43)(H,44,45,46)(H,47,48,49)(H,50,51,52);;;/q;;+1;-1. The molecule has 0 spiro atoms. The molecule has 12 N–H and O–H groups in total. The third kappa shape index (κ3) is 8.33. The van der Waals surface area contributed by atoms with Gasteiger partial charge in [-0.25, -0.2) is 0 Å². The third-order valence-electron chi connectivity index (χ3n) is 15.4. The molecule has 9 aliphatic rings. The van der Waals surface area contributed by atoms with E-state index in [0.717, 1.165) is 77.0 Å². The largest absolute Gasteiger partial charge is 1.00 e. The van der Waals surface area contributed by atoms with Crippen LogP contribution in [0.15, 0.2) is 0 Å². The Morgan fingerprint density at radius 1 is 0.328 bits per heavy atom. The molecule has 0 aromatic carbocycles. The van der Waals surface area contributed by atoms with Crippen molar-refractivity contribution in [2.45, 2.75) is 147 Å². The maximum atomic E-state index is 13.4. The van der Waals surface area contributed by atoms with Gasteiger partial charge in [0.15, 0.2) is 0 Å². The van der Waals surface area contributed by atoms with Crippen LogP contribution in [0.25, 0.3) is 0 Å². The van der Waals surface area contributed by atoms with E-state index < -0.39 is 98.0 Å². The van der Waals surface area contributed by atoms with E-state index in [2.05, 4.69) is 42.5 Å². The molecule has 0 amide bonds. The molecule has 5 aliphatic heterocycles. The van der Waals surface area contributed by atoms with Crippen LogP contribution in [0.1, 0.15) is 78.5 Å². The van der Waals surface area contributed by atoms with Crippen molar-refractivity contribution < 1.29 is 99.9 Å². The molecule has 0 aromatic heterocycles. The van der Waals surface area contributed by atoms with E-state index >= 15 is 0 Å². The second-order valence-corrected chi connectivity index (χ2v) is 24.4. The molecule has 4 aliphatic carbocycles. The van der Waals surface area contributed by atoms with Gasteiger partial charge in [-0.05, 0) is 74.0 Å². The van der Waals surface area contributed by atoms with Gasteiger partial charge < -0.3 is 1.43 Å². The Labute approximate surface area is 374 Å².